The van der Waals surface area contributed by atoms with Gasteiger partial charge in [0.25, 0.3) is 11.1 Å². The molecule has 1 aromatic rings. The number of carbonyl (C=O) groups is 3. The molecule has 0 bridgehead atoms. The molecule has 0 aliphatic carbocycles. The predicted octanol–water partition coefficient (Wildman–Crippen LogP) is 3.22. The van der Waals surface area contributed by atoms with Gasteiger partial charge in [-0.05, 0) is 62.7 Å². The molecule has 2 rings (SSSR count). The van der Waals surface area contributed by atoms with Crippen LogP contribution in [0.3, 0.4) is 0 Å². The third-order valence-electron chi connectivity index (χ3n) is 3.74. The SMILES string of the molecule is CCOc1c(C)cc(C=C2SC(=O)N(CC(=O)O)C2=O)c(C)c1OCC. The van der Waals surface area contributed by atoms with Crippen molar-refractivity contribution in [3.8, 4) is 11.5 Å². The highest BCUT2D eigenvalue weighted by atomic mass is 32.2. The standard InChI is InChI=1S/C18H21NO6S/c1-5-24-15-10(3)7-12(11(4)16(15)25-6-2)8-13-17(22)19(9-14(20)21)18(23)26-13/h7-8H,5-6,9H2,1-4H3,(H,20,21). The van der Waals surface area contributed by atoms with E-state index in [9.17, 15) is 14.4 Å². The average Bonchev–Trinajstić information content (AvgIpc) is 2.82. The molecule has 1 N–H and O–H groups in total. The second-order valence-electron chi connectivity index (χ2n) is 5.59. The Labute approximate surface area is 156 Å². The van der Waals surface area contributed by atoms with Gasteiger partial charge < -0.3 is 14.6 Å². The molecule has 0 unspecified atom stereocenters. The normalized spacial score (nSPS) is 15.7. The van der Waals surface area contributed by atoms with Crippen LogP contribution in [0.25, 0.3) is 6.08 Å². The molecule has 1 aliphatic rings. The number of rotatable bonds is 7. The first-order valence-corrected chi connectivity index (χ1v) is 8.98. The van der Waals surface area contributed by atoms with E-state index in [4.69, 9.17) is 14.6 Å². The zero-order valence-electron chi connectivity index (χ0n) is 15.1. The van der Waals surface area contributed by atoms with E-state index in [0.29, 0.717) is 24.7 Å². The number of hydrogen-bond acceptors (Lipinski definition) is 6. The Morgan fingerprint density at radius 2 is 1.81 bits per heavy atom. The molecule has 1 aliphatic heterocycles. The molecule has 26 heavy (non-hydrogen) atoms. The van der Waals surface area contributed by atoms with Crippen LogP contribution in [0.5, 0.6) is 11.5 Å². The molecule has 1 saturated heterocycles. The van der Waals surface area contributed by atoms with Gasteiger partial charge in [0.15, 0.2) is 11.5 Å². The molecular weight excluding hydrogens is 358 g/mol. The van der Waals surface area contributed by atoms with Gasteiger partial charge in [-0.25, -0.2) is 0 Å². The second kappa shape index (κ2) is 8.27. The monoisotopic (exact) mass is 379 g/mol. The molecule has 140 valence electrons. The summed E-state index contributed by atoms with van der Waals surface area (Å²) in [7, 11) is 0. The maximum Gasteiger partial charge on any atom is 0.323 e. The third kappa shape index (κ3) is 4.01. The Morgan fingerprint density at radius 3 is 2.38 bits per heavy atom. The van der Waals surface area contributed by atoms with Crippen LogP contribution in [0.4, 0.5) is 4.79 Å². The minimum absolute atomic E-state index is 0.186. The third-order valence-corrected chi connectivity index (χ3v) is 4.65. The van der Waals surface area contributed by atoms with Crippen LogP contribution in [0, 0.1) is 13.8 Å². The Hall–Kier alpha value is -2.48. The van der Waals surface area contributed by atoms with Crippen molar-refractivity contribution in [1.29, 1.82) is 0 Å². The summed E-state index contributed by atoms with van der Waals surface area (Å²) >= 11 is 0.730. The summed E-state index contributed by atoms with van der Waals surface area (Å²) in [4.78, 5) is 36.0. The van der Waals surface area contributed by atoms with E-state index in [1.165, 1.54) is 0 Å². The molecule has 2 amide bonds. The van der Waals surface area contributed by atoms with E-state index in [1.54, 1.807) is 6.08 Å². The van der Waals surface area contributed by atoms with Crippen molar-refractivity contribution in [3.63, 3.8) is 0 Å². The summed E-state index contributed by atoms with van der Waals surface area (Å²) in [6.45, 7) is 7.78. The zero-order valence-corrected chi connectivity index (χ0v) is 15.9. The van der Waals surface area contributed by atoms with Crippen molar-refractivity contribution in [2.75, 3.05) is 19.8 Å². The van der Waals surface area contributed by atoms with Gasteiger partial charge in [-0.3, -0.25) is 19.3 Å². The number of amides is 2. The van der Waals surface area contributed by atoms with Gasteiger partial charge in [0.05, 0.1) is 18.1 Å². The zero-order chi connectivity index (χ0) is 19.4. The first kappa shape index (κ1) is 19.8. The first-order chi connectivity index (χ1) is 12.3. The Morgan fingerprint density at radius 1 is 1.19 bits per heavy atom. The number of benzene rings is 1. The van der Waals surface area contributed by atoms with Crippen molar-refractivity contribution in [3.05, 3.63) is 27.7 Å². The van der Waals surface area contributed by atoms with Crippen molar-refractivity contribution >= 4 is 35.0 Å². The van der Waals surface area contributed by atoms with E-state index in [0.717, 1.165) is 33.4 Å². The van der Waals surface area contributed by atoms with Crippen LogP contribution in [-0.4, -0.2) is 46.9 Å². The number of ether oxygens (including phenoxy) is 2. The molecule has 0 aromatic heterocycles. The quantitative estimate of drug-likeness (QED) is 0.727. The van der Waals surface area contributed by atoms with Gasteiger partial charge in [-0.1, -0.05) is 0 Å². The van der Waals surface area contributed by atoms with Crippen molar-refractivity contribution in [2.24, 2.45) is 0 Å². The van der Waals surface area contributed by atoms with E-state index in [2.05, 4.69) is 0 Å². The molecule has 7 nitrogen and oxygen atoms in total. The smallest absolute Gasteiger partial charge is 0.323 e. The Kier molecular flexibility index (Phi) is 6.31. The molecule has 1 aromatic carbocycles. The lowest BCUT2D eigenvalue weighted by Crippen LogP contribution is -2.33. The fourth-order valence-corrected chi connectivity index (χ4v) is 3.42. The number of carboxylic acids is 1. The number of carboxylic acid groups (broad SMARTS) is 1. The lowest BCUT2D eigenvalue weighted by Gasteiger charge is -2.18. The Bertz CT molecular complexity index is 786. The number of carbonyl (C=O) groups excluding carboxylic acids is 2. The van der Waals surface area contributed by atoms with E-state index in [1.807, 2.05) is 33.8 Å². The highest BCUT2D eigenvalue weighted by Crippen LogP contribution is 2.39. The molecule has 0 atom stereocenters. The van der Waals surface area contributed by atoms with Crippen molar-refractivity contribution in [1.82, 2.24) is 4.90 Å². The molecule has 0 spiro atoms. The Balaban J connectivity index is 2.46. The second-order valence-corrected chi connectivity index (χ2v) is 6.59. The van der Waals surface area contributed by atoms with Crippen molar-refractivity contribution < 1.29 is 29.0 Å². The van der Waals surface area contributed by atoms with Gasteiger partial charge in [-0.15, -0.1) is 0 Å². The molecular formula is C18H21NO6S. The lowest BCUT2D eigenvalue weighted by molar-refractivity contribution is -0.140. The van der Waals surface area contributed by atoms with E-state index >= 15 is 0 Å². The molecule has 0 radical (unpaired) electrons. The van der Waals surface area contributed by atoms with Gasteiger partial charge in [0, 0.05) is 5.56 Å². The van der Waals surface area contributed by atoms with Crippen LogP contribution in [0.1, 0.15) is 30.5 Å². The van der Waals surface area contributed by atoms with Gasteiger partial charge in [0.2, 0.25) is 0 Å². The largest absolute Gasteiger partial charge is 0.490 e. The minimum atomic E-state index is -1.24. The summed E-state index contributed by atoms with van der Waals surface area (Å²) < 4.78 is 11.4. The lowest BCUT2D eigenvalue weighted by atomic mass is 10.0. The number of nitrogens with zero attached hydrogens (tertiary/aromatic N) is 1. The molecule has 1 fully saturated rings. The molecule has 0 saturated carbocycles. The van der Waals surface area contributed by atoms with Crippen LogP contribution in [-0.2, 0) is 9.59 Å². The topological polar surface area (TPSA) is 93.1 Å². The summed E-state index contributed by atoms with van der Waals surface area (Å²) in [5, 5.41) is 8.25. The predicted molar refractivity (Wildman–Crippen MR) is 98.6 cm³/mol. The molecule has 1 heterocycles. The van der Waals surface area contributed by atoms with E-state index < -0.39 is 23.7 Å². The summed E-state index contributed by atoms with van der Waals surface area (Å²) in [5.74, 6) is -0.583. The maximum atomic E-state index is 12.3. The summed E-state index contributed by atoms with van der Waals surface area (Å²) in [6, 6.07) is 1.86. The fourth-order valence-electron chi connectivity index (χ4n) is 2.59. The minimum Gasteiger partial charge on any atom is -0.490 e. The van der Waals surface area contributed by atoms with Gasteiger partial charge >= 0.3 is 5.97 Å². The number of aryl methyl sites for hydroxylation is 1. The van der Waals surface area contributed by atoms with Gasteiger partial charge in [-0.2, -0.15) is 0 Å². The van der Waals surface area contributed by atoms with E-state index in [-0.39, 0.29) is 4.91 Å². The number of thioether (sulfide) groups is 1. The highest BCUT2D eigenvalue weighted by molar-refractivity contribution is 8.18. The maximum absolute atomic E-state index is 12.3. The van der Waals surface area contributed by atoms with Gasteiger partial charge in [0.1, 0.15) is 6.54 Å². The van der Waals surface area contributed by atoms with Crippen molar-refractivity contribution in [2.45, 2.75) is 27.7 Å². The number of aliphatic carboxylic acids is 1. The van der Waals surface area contributed by atoms with Crippen LogP contribution >= 0.6 is 11.8 Å². The highest BCUT2D eigenvalue weighted by Gasteiger charge is 2.36. The first-order valence-electron chi connectivity index (χ1n) is 8.17. The summed E-state index contributed by atoms with van der Waals surface area (Å²) in [6.07, 6.45) is 1.59. The van der Waals surface area contributed by atoms with Crippen LogP contribution < -0.4 is 9.47 Å². The number of hydrogen-bond donors (Lipinski definition) is 1. The van der Waals surface area contributed by atoms with Crippen LogP contribution in [0.15, 0.2) is 11.0 Å². The molecule has 8 heteroatoms. The number of imide groups is 1. The fraction of sp³-hybridized carbons (Fsp3) is 0.389. The summed E-state index contributed by atoms with van der Waals surface area (Å²) in [5.41, 5.74) is 2.35. The average molecular weight is 379 g/mol. The van der Waals surface area contributed by atoms with Crippen LogP contribution in [0.2, 0.25) is 0 Å².